The molecule has 0 aliphatic rings. The van der Waals surface area contributed by atoms with E-state index in [-0.39, 0.29) is 17.8 Å². The van der Waals surface area contributed by atoms with Crippen LogP contribution in [-0.4, -0.2) is 20.5 Å². The molecule has 0 atom stereocenters. The van der Waals surface area contributed by atoms with Gasteiger partial charge in [-0.15, -0.1) is 0 Å². The standard InChI is InChI=1S/C8H7ClN2O4/c9-10(8(12)13)5-6-3-1-2-4-7(6)11(14)15/h1-4H,5H2,(H,12,13). The molecule has 1 rings (SSSR count). The van der Waals surface area contributed by atoms with E-state index >= 15 is 0 Å². The van der Waals surface area contributed by atoms with E-state index in [9.17, 15) is 14.9 Å². The molecule has 0 spiro atoms. The topological polar surface area (TPSA) is 83.7 Å². The van der Waals surface area contributed by atoms with Gasteiger partial charge in [-0.05, 0) is 0 Å². The molecule has 7 heteroatoms. The van der Waals surface area contributed by atoms with Crippen molar-refractivity contribution in [2.24, 2.45) is 0 Å². The molecular formula is C8H7ClN2O4. The number of nitro groups is 1. The van der Waals surface area contributed by atoms with E-state index in [1.807, 2.05) is 0 Å². The summed E-state index contributed by atoms with van der Waals surface area (Å²) < 4.78 is 0.461. The summed E-state index contributed by atoms with van der Waals surface area (Å²) >= 11 is 5.34. The molecule has 0 saturated heterocycles. The second-order valence-corrected chi connectivity index (χ2v) is 3.10. The van der Waals surface area contributed by atoms with Crippen molar-refractivity contribution in [3.8, 4) is 0 Å². The minimum Gasteiger partial charge on any atom is -0.464 e. The molecule has 0 fully saturated rings. The zero-order chi connectivity index (χ0) is 11.4. The van der Waals surface area contributed by atoms with Gasteiger partial charge in [0.05, 0.1) is 17.0 Å². The molecule has 6 nitrogen and oxygen atoms in total. The van der Waals surface area contributed by atoms with Gasteiger partial charge < -0.3 is 5.11 Å². The van der Waals surface area contributed by atoms with E-state index in [4.69, 9.17) is 16.9 Å². The third kappa shape index (κ3) is 2.81. The zero-order valence-electron chi connectivity index (χ0n) is 7.46. The monoisotopic (exact) mass is 230 g/mol. The van der Waals surface area contributed by atoms with Crippen LogP contribution in [0, 0.1) is 10.1 Å². The van der Waals surface area contributed by atoms with Gasteiger partial charge in [0, 0.05) is 17.8 Å². The maximum atomic E-state index is 10.6. The Balaban J connectivity index is 2.94. The fourth-order valence-electron chi connectivity index (χ4n) is 1.04. The van der Waals surface area contributed by atoms with Crippen molar-refractivity contribution in [1.82, 2.24) is 4.42 Å². The number of nitrogens with zero attached hydrogens (tertiary/aromatic N) is 2. The Bertz CT molecular complexity index is 396. The first-order valence-corrected chi connectivity index (χ1v) is 4.24. The lowest BCUT2D eigenvalue weighted by Gasteiger charge is -2.09. The summed E-state index contributed by atoms with van der Waals surface area (Å²) in [5.41, 5.74) is 0.101. The highest BCUT2D eigenvalue weighted by atomic mass is 35.5. The number of hydrogen-bond donors (Lipinski definition) is 1. The number of nitro benzene ring substituents is 1. The van der Waals surface area contributed by atoms with Crippen LogP contribution in [0.15, 0.2) is 24.3 Å². The van der Waals surface area contributed by atoms with Crippen molar-refractivity contribution < 1.29 is 14.8 Å². The van der Waals surface area contributed by atoms with Crippen LogP contribution in [0.4, 0.5) is 10.5 Å². The van der Waals surface area contributed by atoms with Crippen LogP contribution in [0.1, 0.15) is 5.56 Å². The predicted octanol–water partition coefficient (Wildman–Crippen LogP) is 2.23. The SMILES string of the molecule is O=C(O)N(Cl)Cc1ccccc1[N+](=O)[O-]. The largest absolute Gasteiger partial charge is 0.464 e. The van der Waals surface area contributed by atoms with Crippen molar-refractivity contribution in [1.29, 1.82) is 0 Å². The molecule has 0 bridgehead atoms. The van der Waals surface area contributed by atoms with Crippen LogP contribution in [0.3, 0.4) is 0 Å². The Hall–Kier alpha value is -1.82. The molecule has 0 heterocycles. The van der Waals surface area contributed by atoms with Crippen LogP contribution in [0.25, 0.3) is 0 Å². The lowest BCUT2D eigenvalue weighted by Crippen LogP contribution is -2.18. The number of rotatable bonds is 3. The third-order valence-corrected chi connectivity index (χ3v) is 1.97. The number of halogens is 1. The second kappa shape index (κ2) is 4.61. The van der Waals surface area contributed by atoms with Gasteiger partial charge in [-0.3, -0.25) is 10.1 Å². The second-order valence-electron chi connectivity index (χ2n) is 2.69. The smallest absolute Gasteiger partial charge is 0.422 e. The molecule has 0 radical (unpaired) electrons. The molecular weight excluding hydrogens is 224 g/mol. The summed E-state index contributed by atoms with van der Waals surface area (Å²) in [7, 11) is 0. The lowest BCUT2D eigenvalue weighted by atomic mass is 10.2. The summed E-state index contributed by atoms with van der Waals surface area (Å²) in [6, 6.07) is 5.83. The van der Waals surface area contributed by atoms with Crippen LogP contribution >= 0.6 is 11.8 Å². The fourth-order valence-corrected chi connectivity index (χ4v) is 1.17. The van der Waals surface area contributed by atoms with Crippen molar-refractivity contribution >= 4 is 23.6 Å². The molecule has 0 aliphatic heterocycles. The van der Waals surface area contributed by atoms with Gasteiger partial charge in [0.15, 0.2) is 0 Å². The Morgan fingerprint density at radius 3 is 2.67 bits per heavy atom. The van der Waals surface area contributed by atoms with E-state index < -0.39 is 11.0 Å². The number of carbonyl (C=O) groups is 1. The molecule has 0 saturated carbocycles. The minimum atomic E-state index is -1.35. The maximum absolute atomic E-state index is 10.6. The van der Waals surface area contributed by atoms with E-state index in [1.165, 1.54) is 18.2 Å². The van der Waals surface area contributed by atoms with Gasteiger partial charge in [-0.1, -0.05) is 18.2 Å². The Morgan fingerprint density at radius 2 is 2.13 bits per heavy atom. The molecule has 15 heavy (non-hydrogen) atoms. The van der Waals surface area contributed by atoms with Crippen LogP contribution in [0.5, 0.6) is 0 Å². The average Bonchev–Trinajstić information content (AvgIpc) is 2.18. The van der Waals surface area contributed by atoms with Gasteiger partial charge >= 0.3 is 6.09 Å². The zero-order valence-corrected chi connectivity index (χ0v) is 8.22. The minimum absolute atomic E-state index is 0.149. The molecule has 0 aromatic heterocycles. The van der Waals surface area contributed by atoms with E-state index in [0.29, 0.717) is 4.42 Å². The molecule has 0 unspecified atom stereocenters. The van der Waals surface area contributed by atoms with Crippen LogP contribution in [-0.2, 0) is 6.54 Å². The highest BCUT2D eigenvalue weighted by Gasteiger charge is 2.17. The number of para-hydroxylation sites is 1. The predicted molar refractivity (Wildman–Crippen MR) is 52.5 cm³/mol. The van der Waals surface area contributed by atoms with Crippen LogP contribution < -0.4 is 0 Å². The van der Waals surface area contributed by atoms with Crippen molar-refractivity contribution in [2.75, 3.05) is 0 Å². The number of hydrogen-bond acceptors (Lipinski definition) is 3. The van der Waals surface area contributed by atoms with Crippen molar-refractivity contribution in [2.45, 2.75) is 6.54 Å². The molecule has 80 valence electrons. The summed E-state index contributed by atoms with van der Waals surface area (Å²) in [5.74, 6) is 0. The number of amides is 1. The first kappa shape index (κ1) is 11.3. The molecule has 1 amide bonds. The first-order chi connectivity index (χ1) is 7.02. The highest BCUT2D eigenvalue weighted by Crippen LogP contribution is 2.20. The highest BCUT2D eigenvalue weighted by molar-refractivity contribution is 6.19. The summed E-state index contributed by atoms with van der Waals surface area (Å²) in [6.45, 7) is -0.228. The van der Waals surface area contributed by atoms with E-state index in [2.05, 4.69) is 0 Å². The fraction of sp³-hybridized carbons (Fsp3) is 0.125. The normalized spacial score (nSPS) is 9.67. The Morgan fingerprint density at radius 1 is 1.53 bits per heavy atom. The first-order valence-electron chi connectivity index (χ1n) is 3.91. The van der Waals surface area contributed by atoms with Gasteiger partial charge in [0.1, 0.15) is 0 Å². The Kier molecular flexibility index (Phi) is 3.46. The summed E-state index contributed by atoms with van der Waals surface area (Å²) in [5, 5.41) is 19.1. The van der Waals surface area contributed by atoms with Gasteiger partial charge in [-0.25, -0.2) is 9.21 Å². The molecule has 1 N–H and O–H groups in total. The molecule has 1 aromatic carbocycles. The maximum Gasteiger partial charge on any atom is 0.422 e. The number of benzene rings is 1. The van der Waals surface area contributed by atoms with Crippen LogP contribution in [0.2, 0.25) is 0 Å². The third-order valence-electron chi connectivity index (χ3n) is 1.71. The summed E-state index contributed by atoms with van der Waals surface area (Å²) in [4.78, 5) is 20.4. The Labute approximate surface area is 89.9 Å². The van der Waals surface area contributed by atoms with E-state index in [0.717, 1.165) is 0 Å². The van der Waals surface area contributed by atoms with Gasteiger partial charge in [0.25, 0.3) is 5.69 Å². The number of carboxylic acid groups (broad SMARTS) is 1. The quantitative estimate of drug-likeness (QED) is 0.490. The lowest BCUT2D eigenvalue weighted by molar-refractivity contribution is -0.385. The molecule has 1 aromatic rings. The van der Waals surface area contributed by atoms with Gasteiger partial charge in [0.2, 0.25) is 0 Å². The van der Waals surface area contributed by atoms with Crippen molar-refractivity contribution in [3.63, 3.8) is 0 Å². The van der Waals surface area contributed by atoms with Gasteiger partial charge in [-0.2, -0.15) is 0 Å². The molecule has 0 aliphatic carbocycles. The average molecular weight is 231 g/mol. The van der Waals surface area contributed by atoms with E-state index in [1.54, 1.807) is 6.07 Å². The van der Waals surface area contributed by atoms with Crippen molar-refractivity contribution in [3.05, 3.63) is 39.9 Å². The summed E-state index contributed by atoms with van der Waals surface area (Å²) in [6.07, 6.45) is -1.35.